The molecule has 0 fully saturated rings. The molecule has 0 bridgehead atoms. The first-order valence-corrected chi connectivity index (χ1v) is 7.16. The van der Waals surface area contributed by atoms with Crippen LogP contribution >= 0.6 is 0 Å². The van der Waals surface area contributed by atoms with Gasteiger partial charge in [0.2, 0.25) is 0 Å². The molecule has 19 heavy (non-hydrogen) atoms. The van der Waals surface area contributed by atoms with Crippen LogP contribution in [0.25, 0.3) is 0 Å². The fourth-order valence-corrected chi connectivity index (χ4v) is 2.04. The van der Waals surface area contributed by atoms with E-state index in [0.717, 1.165) is 39.0 Å². The van der Waals surface area contributed by atoms with Gasteiger partial charge < -0.3 is 10.0 Å². The van der Waals surface area contributed by atoms with Gasteiger partial charge in [0, 0.05) is 6.54 Å². The topological polar surface area (TPSA) is 43.8 Å². The smallest absolute Gasteiger partial charge is 0.307 e. The molecule has 1 atom stereocenters. The van der Waals surface area contributed by atoms with Crippen molar-refractivity contribution in [3.05, 3.63) is 0 Å². The highest BCUT2D eigenvalue weighted by atomic mass is 16.4. The average molecular weight is 268 g/mol. The highest BCUT2D eigenvalue weighted by molar-refractivity contribution is 5.69. The van der Waals surface area contributed by atoms with E-state index >= 15 is 0 Å². The van der Waals surface area contributed by atoms with Crippen LogP contribution in [0.2, 0.25) is 0 Å². The van der Waals surface area contributed by atoms with Crippen LogP contribution in [0.4, 0.5) is 0 Å². The second-order valence-corrected chi connectivity index (χ2v) is 4.91. The minimum atomic E-state index is -0.759. The molecule has 0 rings (SSSR count). The van der Waals surface area contributed by atoms with Gasteiger partial charge in [-0.05, 0) is 39.0 Å². The molecular weight excluding hydrogens is 240 g/mol. The lowest BCUT2D eigenvalue weighted by Crippen LogP contribution is -2.33. The molecule has 0 aromatic heterocycles. The number of hydrogen-bond donors (Lipinski definition) is 1. The number of carboxylic acid groups (broad SMARTS) is 1. The number of carbonyl (C=O) groups is 1. The normalized spacial score (nSPS) is 12.6. The molecule has 0 aliphatic carbocycles. The first-order chi connectivity index (χ1) is 9.04. The Balaban J connectivity index is 3.95. The van der Waals surface area contributed by atoms with E-state index < -0.39 is 5.97 Å². The van der Waals surface area contributed by atoms with Crippen LogP contribution in [0.15, 0.2) is 0 Å². The van der Waals surface area contributed by atoms with E-state index in [1.165, 1.54) is 0 Å². The minimum absolute atomic E-state index is 0.365. The van der Waals surface area contributed by atoms with E-state index in [4.69, 9.17) is 11.5 Å². The fraction of sp³-hybridized carbons (Fsp3) is 0.800. The first-order valence-electron chi connectivity index (χ1n) is 7.16. The number of unbranched alkanes of at least 4 members (excludes halogenated alkanes) is 1. The van der Waals surface area contributed by atoms with E-state index in [-0.39, 0.29) is 5.92 Å². The lowest BCUT2D eigenvalue weighted by atomic mass is 10.1. The van der Waals surface area contributed by atoms with Crippen LogP contribution in [0.3, 0.4) is 0 Å². The quantitative estimate of drug-likeness (QED) is 0.458. The summed E-state index contributed by atoms with van der Waals surface area (Å²) in [6.45, 7) is 11.3. The lowest BCUT2D eigenvalue weighted by Gasteiger charge is -2.23. The van der Waals surface area contributed by atoms with Gasteiger partial charge in [-0.3, -0.25) is 9.69 Å². The van der Waals surface area contributed by atoms with Crippen molar-refractivity contribution in [1.29, 1.82) is 0 Å². The predicted octanol–water partition coefficient (Wildman–Crippen LogP) is 1.76. The number of carboxylic acids is 1. The van der Waals surface area contributed by atoms with Crippen LogP contribution in [0.5, 0.6) is 0 Å². The molecule has 0 saturated carbocycles. The number of hydrogen-bond acceptors (Lipinski definition) is 3. The number of nitrogens with zero attached hydrogens (tertiary/aromatic N) is 2. The molecule has 0 spiro atoms. The Kier molecular flexibility index (Phi) is 10.2. The Labute approximate surface area is 117 Å². The Morgan fingerprint density at radius 2 is 1.74 bits per heavy atom. The summed E-state index contributed by atoms with van der Waals surface area (Å²) < 4.78 is 0. The molecule has 4 nitrogen and oxygen atoms in total. The van der Waals surface area contributed by atoms with Crippen LogP contribution in [0, 0.1) is 18.3 Å². The number of terminal acetylenes is 1. The van der Waals surface area contributed by atoms with Crippen LogP contribution in [-0.2, 0) is 4.79 Å². The van der Waals surface area contributed by atoms with Gasteiger partial charge in [-0.2, -0.15) is 0 Å². The summed E-state index contributed by atoms with van der Waals surface area (Å²) in [4.78, 5) is 15.3. The van der Waals surface area contributed by atoms with Crippen LogP contribution in [-0.4, -0.2) is 60.1 Å². The monoisotopic (exact) mass is 268 g/mol. The zero-order chi connectivity index (χ0) is 14.7. The maximum Gasteiger partial charge on any atom is 0.307 e. The zero-order valence-electron chi connectivity index (χ0n) is 12.6. The van der Waals surface area contributed by atoms with Gasteiger partial charge in [0.1, 0.15) is 0 Å². The minimum Gasteiger partial charge on any atom is -0.481 e. The van der Waals surface area contributed by atoms with Gasteiger partial charge in [0.25, 0.3) is 0 Å². The van der Waals surface area contributed by atoms with Gasteiger partial charge >= 0.3 is 5.97 Å². The molecule has 0 aromatic carbocycles. The van der Waals surface area contributed by atoms with E-state index in [9.17, 15) is 4.79 Å². The zero-order valence-corrected chi connectivity index (χ0v) is 12.6. The third kappa shape index (κ3) is 8.63. The van der Waals surface area contributed by atoms with Gasteiger partial charge in [-0.25, -0.2) is 0 Å². The summed E-state index contributed by atoms with van der Waals surface area (Å²) in [5.41, 5.74) is 0. The van der Waals surface area contributed by atoms with Crippen LogP contribution in [0.1, 0.15) is 33.6 Å². The Hall–Kier alpha value is -1.05. The molecule has 0 aromatic rings. The molecule has 1 unspecified atom stereocenters. The molecule has 0 heterocycles. The molecule has 0 saturated heterocycles. The van der Waals surface area contributed by atoms with E-state index in [1.54, 1.807) is 6.92 Å². The van der Waals surface area contributed by atoms with Crippen LogP contribution < -0.4 is 0 Å². The summed E-state index contributed by atoms with van der Waals surface area (Å²) >= 11 is 0. The Bertz CT molecular complexity index is 282. The highest BCUT2D eigenvalue weighted by Crippen LogP contribution is 2.03. The molecule has 0 aliphatic rings. The Morgan fingerprint density at radius 3 is 2.16 bits per heavy atom. The van der Waals surface area contributed by atoms with Gasteiger partial charge in [-0.15, -0.1) is 6.42 Å². The van der Waals surface area contributed by atoms with Gasteiger partial charge in [0.15, 0.2) is 0 Å². The third-order valence-corrected chi connectivity index (χ3v) is 3.36. The summed E-state index contributed by atoms with van der Waals surface area (Å²) in [7, 11) is 0. The number of rotatable bonds is 11. The van der Waals surface area contributed by atoms with Crippen molar-refractivity contribution < 1.29 is 9.90 Å². The largest absolute Gasteiger partial charge is 0.481 e. The molecule has 0 aliphatic heterocycles. The van der Waals surface area contributed by atoms with Crippen molar-refractivity contribution in [3.8, 4) is 12.3 Å². The maximum absolute atomic E-state index is 10.9. The number of aliphatic carboxylic acids is 1. The average Bonchev–Trinajstić information content (AvgIpc) is 2.38. The molecule has 0 amide bonds. The van der Waals surface area contributed by atoms with Crippen molar-refractivity contribution >= 4 is 5.97 Å². The maximum atomic E-state index is 10.9. The van der Waals surface area contributed by atoms with Crippen molar-refractivity contribution in [2.75, 3.05) is 39.3 Å². The fourth-order valence-electron chi connectivity index (χ4n) is 2.04. The second kappa shape index (κ2) is 10.8. The van der Waals surface area contributed by atoms with Crippen molar-refractivity contribution in [2.45, 2.75) is 33.6 Å². The summed E-state index contributed by atoms with van der Waals surface area (Å²) in [5, 5.41) is 8.92. The van der Waals surface area contributed by atoms with Crippen molar-refractivity contribution in [1.82, 2.24) is 9.80 Å². The third-order valence-electron chi connectivity index (χ3n) is 3.36. The Morgan fingerprint density at radius 1 is 1.21 bits per heavy atom. The summed E-state index contributed by atoms with van der Waals surface area (Å²) in [6.07, 6.45) is 7.52. The molecule has 1 N–H and O–H groups in total. The van der Waals surface area contributed by atoms with Gasteiger partial charge in [0.05, 0.1) is 12.5 Å². The lowest BCUT2D eigenvalue weighted by molar-refractivity contribution is -0.141. The SMILES string of the molecule is C#CCN(CCCCN(CC)CC)CC(C)C(=O)O. The van der Waals surface area contributed by atoms with E-state index in [0.29, 0.717) is 13.1 Å². The standard InChI is InChI=1S/C15H28N2O2/c1-5-10-17(13-14(4)15(18)19)12-9-8-11-16(6-2)7-3/h1,14H,6-13H2,2-4H3,(H,18,19). The van der Waals surface area contributed by atoms with E-state index in [2.05, 4.69) is 29.6 Å². The molecule has 110 valence electrons. The molecular formula is C15H28N2O2. The highest BCUT2D eigenvalue weighted by Gasteiger charge is 2.15. The summed E-state index contributed by atoms with van der Waals surface area (Å²) in [6, 6.07) is 0. The predicted molar refractivity (Wildman–Crippen MR) is 79.1 cm³/mol. The van der Waals surface area contributed by atoms with Crippen molar-refractivity contribution in [3.63, 3.8) is 0 Å². The molecule has 0 radical (unpaired) electrons. The first kappa shape index (κ1) is 17.9. The van der Waals surface area contributed by atoms with E-state index in [1.807, 2.05) is 0 Å². The molecule has 4 heteroatoms. The summed E-state index contributed by atoms with van der Waals surface area (Å²) in [5.74, 6) is 1.48. The van der Waals surface area contributed by atoms with Gasteiger partial charge in [-0.1, -0.05) is 26.7 Å². The van der Waals surface area contributed by atoms with Crippen molar-refractivity contribution in [2.24, 2.45) is 5.92 Å². The second-order valence-electron chi connectivity index (χ2n) is 4.91.